The summed E-state index contributed by atoms with van der Waals surface area (Å²) in [6.07, 6.45) is 0. The number of carboxylic acid groups (broad SMARTS) is 1. The summed E-state index contributed by atoms with van der Waals surface area (Å²) in [5, 5.41) is 8.98. The van der Waals surface area contributed by atoms with Gasteiger partial charge >= 0.3 is 5.97 Å². The van der Waals surface area contributed by atoms with Crippen molar-refractivity contribution in [2.45, 2.75) is 6.61 Å². The molecule has 86 valence electrons. The van der Waals surface area contributed by atoms with Gasteiger partial charge in [-0.15, -0.1) is 11.3 Å². The van der Waals surface area contributed by atoms with Gasteiger partial charge in [-0.05, 0) is 34.1 Å². The lowest BCUT2D eigenvalue weighted by atomic mass is 10.1. The van der Waals surface area contributed by atoms with Crippen molar-refractivity contribution in [3.8, 4) is 16.3 Å². The molecule has 0 fully saturated rings. The first-order chi connectivity index (χ1) is 8.15. The SMILES string of the molecule is O=C(O)c1cc2c(s1)-c1nc(Br)ccc1OC2. The summed E-state index contributed by atoms with van der Waals surface area (Å²) >= 11 is 4.53. The quantitative estimate of drug-likeness (QED) is 0.822. The monoisotopic (exact) mass is 311 g/mol. The maximum Gasteiger partial charge on any atom is 0.345 e. The van der Waals surface area contributed by atoms with Crippen molar-refractivity contribution in [2.75, 3.05) is 0 Å². The second kappa shape index (κ2) is 3.82. The van der Waals surface area contributed by atoms with Crippen LogP contribution in [-0.2, 0) is 6.61 Å². The number of nitrogens with zero attached hydrogens (tertiary/aromatic N) is 1. The maximum atomic E-state index is 10.9. The van der Waals surface area contributed by atoms with Crippen molar-refractivity contribution in [3.05, 3.63) is 33.2 Å². The zero-order valence-electron chi connectivity index (χ0n) is 8.44. The van der Waals surface area contributed by atoms with Crippen LogP contribution in [0.1, 0.15) is 15.2 Å². The highest BCUT2D eigenvalue weighted by molar-refractivity contribution is 9.10. The number of carboxylic acids is 1. The average Bonchev–Trinajstić information content (AvgIpc) is 2.73. The fourth-order valence-corrected chi connectivity index (χ4v) is 3.01. The topological polar surface area (TPSA) is 59.4 Å². The number of fused-ring (bicyclic) bond motifs is 3. The molecule has 0 aliphatic carbocycles. The second-order valence-corrected chi connectivity index (χ2v) is 5.40. The van der Waals surface area contributed by atoms with Crippen LogP contribution < -0.4 is 4.74 Å². The van der Waals surface area contributed by atoms with Crippen molar-refractivity contribution < 1.29 is 14.6 Å². The molecule has 3 rings (SSSR count). The van der Waals surface area contributed by atoms with Crippen molar-refractivity contribution in [2.24, 2.45) is 0 Å². The summed E-state index contributed by atoms with van der Waals surface area (Å²) in [6.45, 7) is 0.398. The number of ether oxygens (including phenoxy) is 1. The van der Waals surface area contributed by atoms with Crippen LogP contribution in [-0.4, -0.2) is 16.1 Å². The van der Waals surface area contributed by atoms with Gasteiger partial charge in [0.25, 0.3) is 0 Å². The summed E-state index contributed by atoms with van der Waals surface area (Å²) < 4.78 is 6.23. The van der Waals surface area contributed by atoms with Gasteiger partial charge in [-0.2, -0.15) is 0 Å². The molecule has 1 aliphatic heterocycles. The smallest absolute Gasteiger partial charge is 0.345 e. The highest BCUT2D eigenvalue weighted by atomic mass is 79.9. The van der Waals surface area contributed by atoms with E-state index in [4.69, 9.17) is 9.84 Å². The fraction of sp³-hybridized carbons (Fsp3) is 0.0909. The van der Waals surface area contributed by atoms with Gasteiger partial charge in [0.05, 0.1) is 4.88 Å². The van der Waals surface area contributed by atoms with Crippen molar-refractivity contribution >= 4 is 33.2 Å². The Morgan fingerprint density at radius 3 is 3.12 bits per heavy atom. The minimum absolute atomic E-state index is 0.313. The molecule has 6 heteroatoms. The Morgan fingerprint density at radius 2 is 2.35 bits per heavy atom. The molecule has 0 amide bonds. The van der Waals surface area contributed by atoms with Crippen molar-refractivity contribution in [1.29, 1.82) is 0 Å². The first-order valence-electron chi connectivity index (χ1n) is 4.81. The van der Waals surface area contributed by atoms with Crippen LogP contribution >= 0.6 is 27.3 Å². The number of carbonyl (C=O) groups is 1. The molecule has 0 unspecified atom stereocenters. The van der Waals surface area contributed by atoms with E-state index in [9.17, 15) is 4.79 Å². The van der Waals surface area contributed by atoms with E-state index in [-0.39, 0.29) is 0 Å². The predicted molar refractivity (Wildman–Crippen MR) is 66.5 cm³/mol. The number of aromatic nitrogens is 1. The molecule has 0 saturated heterocycles. The molecule has 0 bridgehead atoms. The number of thiophene rings is 1. The third-order valence-electron chi connectivity index (χ3n) is 2.44. The van der Waals surface area contributed by atoms with Crippen LogP contribution in [0.25, 0.3) is 10.6 Å². The lowest BCUT2D eigenvalue weighted by Gasteiger charge is -2.16. The molecular weight excluding hydrogens is 306 g/mol. The first-order valence-corrected chi connectivity index (χ1v) is 6.42. The number of aromatic carboxylic acids is 1. The molecule has 3 heterocycles. The molecular formula is C11H6BrNO3S. The standard InChI is InChI=1S/C11H6BrNO3S/c12-8-2-1-6-9(13-8)10-5(4-16-6)3-7(17-10)11(14)15/h1-3H,4H2,(H,14,15). The van der Waals surface area contributed by atoms with Crippen molar-refractivity contribution in [3.63, 3.8) is 0 Å². The first kappa shape index (κ1) is 10.7. The third kappa shape index (κ3) is 1.73. The minimum atomic E-state index is -0.916. The van der Waals surface area contributed by atoms with Gasteiger partial charge in [0, 0.05) is 5.56 Å². The van der Waals surface area contributed by atoms with Crippen LogP contribution in [0.3, 0.4) is 0 Å². The van der Waals surface area contributed by atoms with E-state index in [0.29, 0.717) is 27.5 Å². The van der Waals surface area contributed by atoms with Gasteiger partial charge in [0.1, 0.15) is 27.5 Å². The van der Waals surface area contributed by atoms with E-state index < -0.39 is 5.97 Å². The molecule has 4 nitrogen and oxygen atoms in total. The summed E-state index contributed by atoms with van der Waals surface area (Å²) in [5.74, 6) is -0.222. The highest BCUT2D eigenvalue weighted by Gasteiger charge is 2.23. The lowest BCUT2D eigenvalue weighted by molar-refractivity contribution is 0.0702. The van der Waals surface area contributed by atoms with Gasteiger partial charge in [-0.3, -0.25) is 0 Å². The average molecular weight is 312 g/mol. The number of hydrogen-bond donors (Lipinski definition) is 1. The molecule has 0 saturated carbocycles. The summed E-state index contributed by atoms with van der Waals surface area (Å²) in [7, 11) is 0. The fourth-order valence-electron chi connectivity index (χ4n) is 1.70. The van der Waals surface area contributed by atoms with Crippen LogP contribution in [0.15, 0.2) is 22.8 Å². The maximum absolute atomic E-state index is 10.9. The zero-order chi connectivity index (χ0) is 12.0. The predicted octanol–water partition coefficient (Wildman–Crippen LogP) is 3.16. The van der Waals surface area contributed by atoms with Gasteiger partial charge in [0.2, 0.25) is 0 Å². The van der Waals surface area contributed by atoms with Crippen molar-refractivity contribution in [1.82, 2.24) is 4.98 Å². The van der Waals surface area contributed by atoms with Gasteiger partial charge in [-0.25, -0.2) is 9.78 Å². The molecule has 2 aromatic heterocycles. The van der Waals surface area contributed by atoms with Gasteiger partial charge in [0.15, 0.2) is 0 Å². The van der Waals surface area contributed by atoms with Crippen LogP contribution in [0, 0.1) is 0 Å². The normalized spacial score (nSPS) is 12.5. The van der Waals surface area contributed by atoms with E-state index in [1.165, 1.54) is 11.3 Å². The molecule has 0 aromatic carbocycles. The molecule has 2 aromatic rings. The van der Waals surface area contributed by atoms with E-state index in [1.54, 1.807) is 12.1 Å². The largest absolute Gasteiger partial charge is 0.487 e. The minimum Gasteiger partial charge on any atom is -0.487 e. The lowest BCUT2D eigenvalue weighted by Crippen LogP contribution is -2.04. The van der Waals surface area contributed by atoms with Crippen LogP contribution in [0.5, 0.6) is 5.75 Å². The Morgan fingerprint density at radius 1 is 1.53 bits per heavy atom. The molecule has 0 atom stereocenters. The van der Waals surface area contributed by atoms with E-state index >= 15 is 0 Å². The molecule has 1 N–H and O–H groups in total. The summed E-state index contributed by atoms with van der Waals surface area (Å²) in [5.41, 5.74) is 1.59. The Hall–Kier alpha value is -1.40. The van der Waals surface area contributed by atoms with E-state index in [2.05, 4.69) is 20.9 Å². The Balaban J connectivity index is 2.21. The summed E-state index contributed by atoms with van der Waals surface area (Å²) in [6, 6.07) is 5.28. The van der Waals surface area contributed by atoms with E-state index in [0.717, 1.165) is 10.4 Å². The zero-order valence-corrected chi connectivity index (χ0v) is 10.8. The molecule has 1 aliphatic rings. The number of rotatable bonds is 1. The third-order valence-corrected chi connectivity index (χ3v) is 4.06. The molecule has 0 radical (unpaired) electrons. The second-order valence-electron chi connectivity index (χ2n) is 3.54. The van der Waals surface area contributed by atoms with Gasteiger partial charge < -0.3 is 9.84 Å². The number of pyridine rings is 1. The van der Waals surface area contributed by atoms with Crippen LogP contribution in [0.4, 0.5) is 0 Å². The van der Waals surface area contributed by atoms with Crippen LogP contribution in [0.2, 0.25) is 0 Å². The number of halogens is 1. The Bertz CT molecular complexity index is 623. The highest BCUT2D eigenvalue weighted by Crippen LogP contribution is 2.41. The summed E-state index contributed by atoms with van der Waals surface area (Å²) in [4.78, 5) is 16.5. The Kier molecular flexibility index (Phi) is 2.41. The van der Waals surface area contributed by atoms with E-state index in [1.807, 2.05) is 6.07 Å². The molecule has 0 spiro atoms. The van der Waals surface area contributed by atoms with Gasteiger partial charge in [-0.1, -0.05) is 0 Å². The number of hydrogen-bond acceptors (Lipinski definition) is 4. The molecule has 17 heavy (non-hydrogen) atoms. The Labute approximate surface area is 109 Å².